The van der Waals surface area contributed by atoms with Gasteiger partial charge in [0.2, 0.25) is 5.91 Å². The molecule has 112 valence electrons. The number of nitrogens with zero attached hydrogens (tertiary/aromatic N) is 4. The Morgan fingerprint density at radius 1 is 1.45 bits per heavy atom. The standard InChI is InChI=1S/C12H21N5O3/c1-8(2)16(3)10(18)7-17-9(5-6-13)11(14-15-17)12(19)20-4/h8H,5-7,13H2,1-4H3. The molecule has 0 aliphatic rings. The SMILES string of the molecule is COC(=O)c1nnn(CC(=O)N(C)C(C)C)c1CCN. The van der Waals surface area contributed by atoms with Gasteiger partial charge in [-0.25, -0.2) is 9.48 Å². The molecule has 0 unspecified atom stereocenters. The molecule has 20 heavy (non-hydrogen) atoms. The average Bonchev–Trinajstić information content (AvgIpc) is 2.80. The minimum absolute atomic E-state index is 0.0218. The minimum Gasteiger partial charge on any atom is -0.464 e. The van der Waals surface area contributed by atoms with Crippen LogP contribution in [0.2, 0.25) is 0 Å². The van der Waals surface area contributed by atoms with E-state index in [9.17, 15) is 9.59 Å². The fraction of sp³-hybridized carbons (Fsp3) is 0.667. The third-order valence-electron chi connectivity index (χ3n) is 3.05. The predicted octanol–water partition coefficient (Wildman–Crippen LogP) is -0.567. The van der Waals surface area contributed by atoms with E-state index in [-0.39, 0.29) is 24.2 Å². The van der Waals surface area contributed by atoms with Crippen molar-refractivity contribution in [2.45, 2.75) is 32.9 Å². The fourth-order valence-electron chi connectivity index (χ4n) is 1.63. The average molecular weight is 283 g/mol. The number of ether oxygens (including phenoxy) is 1. The molecule has 1 rings (SSSR count). The molecule has 0 atom stereocenters. The summed E-state index contributed by atoms with van der Waals surface area (Å²) in [6.07, 6.45) is 0.399. The fourth-order valence-corrected chi connectivity index (χ4v) is 1.63. The zero-order chi connectivity index (χ0) is 15.3. The van der Waals surface area contributed by atoms with Crippen molar-refractivity contribution in [3.05, 3.63) is 11.4 Å². The number of carbonyl (C=O) groups is 2. The van der Waals surface area contributed by atoms with Gasteiger partial charge in [-0.2, -0.15) is 0 Å². The summed E-state index contributed by atoms with van der Waals surface area (Å²) < 4.78 is 6.04. The van der Waals surface area contributed by atoms with Crippen LogP contribution in [0.5, 0.6) is 0 Å². The number of esters is 1. The van der Waals surface area contributed by atoms with Crippen molar-refractivity contribution in [1.29, 1.82) is 0 Å². The van der Waals surface area contributed by atoms with Crippen LogP contribution in [0.25, 0.3) is 0 Å². The second-order valence-electron chi connectivity index (χ2n) is 4.67. The van der Waals surface area contributed by atoms with Gasteiger partial charge in [0.05, 0.1) is 12.8 Å². The van der Waals surface area contributed by atoms with Gasteiger partial charge in [-0.1, -0.05) is 5.21 Å². The summed E-state index contributed by atoms with van der Waals surface area (Å²) in [7, 11) is 2.99. The first-order valence-corrected chi connectivity index (χ1v) is 6.38. The topological polar surface area (TPSA) is 103 Å². The van der Waals surface area contributed by atoms with E-state index >= 15 is 0 Å². The highest BCUT2D eigenvalue weighted by Crippen LogP contribution is 2.08. The summed E-state index contributed by atoms with van der Waals surface area (Å²) in [5, 5.41) is 7.62. The maximum Gasteiger partial charge on any atom is 0.360 e. The van der Waals surface area contributed by atoms with Crippen LogP contribution in [-0.2, 0) is 22.5 Å². The van der Waals surface area contributed by atoms with Crippen molar-refractivity contribution in [1.82, 2.24) is 19.9 Å². The van der Waals surface area contributed by atoms with E-state index in [1.165, 1.54) is 11.8 Å². The van der Waals surface area contributed by atoms with Gasteiger partial charge in [0, 0.05) is 19.5 Å². The van der Waals surface area contributed by atoms with E-state index in [0.717, 1.165) is 0 Å². The lowest BCUT2D eigenvalue weighted by molar-refractivity contribution is -0.132. The number of amides is 1. The van der Waals surface area contributed by atoms with Crippen molar-refractivity contribution in [2.75, 3.05) is 20.7 Å². The summed E-state index contributed by atoms with van der Waals surface area (Å²) in [5.41, 5.74) is 6.15. The zero-order valence-corrected chi connectivity index (χ0v) is 12.3. The van der Waals surface area contributed by atoms with Gasteiger partial charge in [0.15, 0.2) is 5.69 Å². The molecule has 0 aromatic carbocycles. The number of hydrogen-bond acceptors (Lipinski definition) is 6. The quantitative estimate of drug-likeness (QED) is 0.701. The molecule has 8 nitrogen and oxygen atoms in total. The molecule has 0 radical (unpaired) electrons. The molecule has 0 aliphatic carbocycles. The number of likely N-dealkylation sites (N-methyl/N-ethyl adjacent to an activating group) is 1. The van der Waals surface area contributed by atoms with Crippen molar-refractivity contribution < 1.29 is 14.3 Å². The van der Waals surface area contributed by atoms with E-state index in [4.69, 9.17) is 5.73 Å². The first-order valence-electron chi connectivity index (χ1n) is 6.38. The molecule has 0 aliphatic heterocycles. The van der Waals surface area contributed by atoms with Crippen LogP contribution < -0.4 is 5.73 Å². The van der Waals surface area contributed by atoms with Gasteiger partial charge in [-0.05, 0) is 20.4 Å². The lowest BCUT2D eigenvalue weighted by atomic mass is 10.2. The van der Waals surface area contributed by atoms with E-state index < -0.39 is 5.97 Å². The molecule has 1 amide bonds. The highest BCUT2D eigenvalue weighted by molar-refractivity contribution is 5.88. The van der Waals surface area contributed by atoms with Crippen molar-refractivity contribution >= 4 is 11.9 Å². The molecule has 0 bridgehead atoms. The lowest BCUT2D eigenvalue weighted by Gasteiger charge is -2.21. The van der Waals surface area contributed by atoms with E-state index in [0.29, 0.717) is 18.7 Å². The molecule has 0 spiro atoms. The Kier molecular flexibility index (Phi) is 5.63. The summed E-state index contributed by atoms with van der Waals surface area (Å²) in [6.45, 7) is 4.18. The maximum atomic E-state index is 12.0. The molecule has 1 aromatic heterocycles. The summed E-state index contributed by atoms with van der Waals surface area (Å²) in [6, 6.07) is 0.0871. The monoisotopic (exact) mass is 283 g/mol. The first kappa shape index (κ1) is 16.1. The largest absolute Gasteiger partial charge is 0.464 e. The summed E-state index contributed by atoms with van der Waals surface area (Å²) in [5.74, 6) is -0.691. The van der Waals surface area contributed by atoms with Crippen molar-refractivity contribution in [3.8, 4) is 0 Å². The van der Waals surface area contributed by atoms with Crippen molar-refractivity contribution in [3.63, 3.8) is 0 Å². The molecule has 8 heteroatoms. The maximum absolute atomic E-state index is 12.0. The third kappa shape index (κ3) is 3.53. The molecule has 0 fully saturated rings. The van der Waals surface area contributed by atoms with Gasteiger partial charge in [0.25, 0.3) is 0 Å². The molecule has 0 saturated heterocycles. The van der Waals surface area contributed by atoms with Crippen molar-refractivity contribution in [2.24, 2.45) is 5.73 Å². The molecule has 1 aromatic rings. The second kappa shape index (κ2) is 6.99. The number of nitrogens with two attached hydrogens (primary N) is 1. The minimum atomic E-state index is -0.579. The van der Waals surface area contributed by atoms with Crippen LogP contribution in [0.15, 0.2) is 0 Å². The Bertz CT molecular complexity index is 483. The van der Waals surface area contributed by atoms with Crippen LogP contribution >= 0.6 is 0 Å². The summed E-state index contributed by atoms with van der Waals surface area (Å²) >= 11 is 0. The smallest absolute Gasteiger partial charge is 0.360 e. The Balaban J connectivity index is 2.98. The van der Waals surface area contributed by atoms with Gasteiger partial charge < -0.3 is 15.4 Å². The number of aromatic nitrogens is 3. The molecule has 1 heterocycles. The number of hydrogen-bond donors (Lipinski definition) is 1. The second-order valence-corrected chi connectivity index (χ2v) is 4.67. The highest BCUT2D eigenvalue weighted by Gasteiger charge is 2.22. The summed E-state index contributed by atoms with van der Waals surface area (Å²) in [4.78, 5) is 25.2. The molecule has 0 saturated carbocycles. The predicted molar refractivity (Wildman–Crippen MR) is 72.0 cm³/mol. The van der Waals surface area contributed by atoms with E-state index in [2.05, 4.69) is 15.0 Å². The van der Waals surface area contributed by atoms with E-state index in [1.54, 1.807) is 11.9 Å². The molecular formula is C12H21N5O3. The number of methoxy groups -OCH3 is 1. The van der Waals surface area contributed by atoms with Gasteiger partial charge in [-0.3, -0.25) is 4.79 Å². The van der Waals surface area contributed by atoms with Crippen LogP contribution in [0, 0.1) is 0 Å². The van der Waals surface area contributed by atoms with Gasteiger partial charge in [0.1, 0.15) is 6.54 Å². The van der Waals surface area contributed by atoms with Crippen LogP contribution in [0.1, 0.15) is 30.0 Å². The Morgan fingerprint density at radius 3 is 2.60 bits per heavy atom. The van der Waals surface area contributed by atoms with Gasteiger partial charge in [-0.15, -0.1) is 5.10 Å². The highest BCUT2D eigenvalue weighted by atomic mass is 16.5. The molecule has 2 N–H and O–H groups in total. The normalized spacial score (nSPS) is 10.7. The van der Waals surface area contributed by atoms with Crippen LogP contribution in [0.3, 0.4) is 0 Å². The van der Waals surface area contributed by atoms with Crippen LogP contribution in [0.4, 0.5) is 0 Å². The Labute approximate surface area is 117 Å². The van der Waals surface area contributed by atoms with Crippen LogP contribution in [-0.4, -0.2) is 58.5 Å². The zero-order valence-electron chi connectivity index (χ0n) is 12.3. The Hall–Kier alpha value is -1.96. The van der Waals surface area contributed by atoms with Gasteiger partial charge >= 0.3 is 5.97 Å². The lowest BCUT2D eigenvalue weighted by Crippen LogP contribution is -2.36. The third-order valence-corrected chi connectivity index (χ3v) is 3.05. The Morgan fingerprint density at radius 2 is 2.10 bits per heavy atom. The number of rotatable bonds is 6. The van der Waals surface area contributed by atoms with E-state index in [1.807, 2.05) is 13.8 Å². The first-order chi connectivity index (χ1) is 9.42. The number of carbonyl (C=O) groups excluding carboxylic acids is 2. The molecular weight excluding hydrogens is 262 g/mol.